The van der Waals surface area contributed by atoms with Crippen LogP contribution in [0.15, 0.2) is 53.4 Å². The molecule has 0 spiro atoms. The number of carboxylic acid groups (broad SMARTS) is 1. The fraction of sp³-hybridized carbons (Fsp3) is 0.316. The van der Waals surface area contributed by atoms with Crippen LogP contribution in [0.5, 0.6) is 5.75 Å². The van der Waals surface area contributed by atoms with Gasteiger partial charge >= 0.3 is 12.1 Å². The molecule has 7 nitrogen and oxygen atoms in total. The van der Waals surface area contributed by atoms with Gasteiger partial charge in [-0.25, -0.2) is 13.2 Å². The predicted molar refractivity (Wildman–Crippen MR) is 100 cm³/mol. The summed E-state index contributed by atoms with van der Waals surface area (Å²) >= 11 is 0. The first-order valence-electron chi connectivity index (χ1n) is 8.63. The van der Waals surface area contributed by atoms with Crippen molar-refractivity contribution in [2.45, 2.75) is 35.6 Å². The lowest BCUT2D eigenvalue weighted by atomic mass is 9.78. The number of rotatable bonds is 3. The highest BCUT2D eigenvalue weighted by Crippen LogP contribution is 2.37. The minimum Gasteiger partial charge on any atom is -0.508 e. The summed E-state index contributed by atoms with van der Waals surface area (Å²) in [5.74, 6) is -3.20. The van der Waals surface area contributed by atoms with Gasteiger partial charge in [-0.05, 0) is 48.2 Å². The molecular formula is C19H20F3NO6S. The first-order chi connectivity index (χ1) is 13.7. The van der Waals surface area contributed by atoms with Crippen molar-refractivity contribution in [1.29, 1.82) is 0 Å². The van der Waals surface area contributed by atoms with Crippen molar-refractivity contribution in [2.24, 2.45) is 5.73 Å². The van der Waals surface area contributed by atoms with Gasteiger partial charge in [0.1, 0.15) is 11.4 Å². The molecule has 30 heavy (non-hydrogen) atoms. The molecule has 3 rings (SSSR count). The zero-order valence-electron chi connectivity index (χ0n) is 15.5. The summed E-state index contributed by atoms with van der Waals surface area (Å²) in [4.78, 5) is 8.97. The van der Waals surface area contributed by atoms with Crippen molar-refractivity contribution in [3.8, 4) is 5.75 Å². The van der Waals surface area contributed by atoms with E-state index in [2.05, 4.69) is 0 Å². The van der Waals surface area contributed by atoms with Crippen LogP contribution in [-0.2, 0) is 26.7 Å². The van der Waals surface area contributed by atoms with E-state index in [0.29, 0.717) is 12.0 Å². The van der Waals surface area contributed by atoms with E-state index >= 15 is 0 Å². The second-order valence-electron chi connectivity index (χ2n) is 6.91. The number of carboxylic acids is 1. The monoisotopic (exact) mass is 447 g/mol. The summed E-state index contributed by atoms with van der Waals surface area (Å²) in [5.41, 5.74) is 6.02. The number of alkyl halides is 3. The lowest BCUT2D eigenvalue weighted by molar-refractivity contribution is -0.192. The molecule has 11 heteroatoms. The molecule has 0 aliphatic heterocycles. The highest BCUT2D eigenvalue weighted by atomic mass is 32.2. The van der Waals surface area contributed by atoms with Gasteiger partial charge in [-0.3, -0.25) is 0 Å². The summed E-state index contributed by atoms with van der Waals surface area (Å²) in [6, 6.07) is 12.3. The number of hydrogen-bond donors (Lipinski definition) is 4. The molecule has 0 radical (unpaired) electrons. The summed E-state index contributed by atoms with van der Waals surface area (Å²) in [7, 11) is -3.72. The third-order valence-electron chi connectivity index (χ3n) is 4.47. The first kappa shape index (κ1) is 23.6. The van der Waals surface area contributed by atoms with Crippen molar-refractivity contribution in [3.05, 3.63) is 59.7 Å². The average Bonchev–Trinajstić information content (AvgIpc) is 2.61. The van der Waals surface area contributed by atoms with Crippen LogP contribution in [0, 0.1) is 0 Å². The molecule has 0 heterocycles. The molecule has 2 aromatic rings. The average molecular weight is 447 g/mol. The van der Waals surface area contributed by atoms with Crippen LogP contribution in [0.2, 0.25) is 0 Å². The number of sulfone groups is 1. The number of fused-ring (bicyclic) bond motifs is 1. The van der Waals surface area contributed by atoms with Gasteiger partial charge in [0.05, 0.1) is 10.6 Å². The van der Waals surface area contributed by atoms with Gasteiger partial charge in [-0.2, -0.15) is 13.2 Å². The van der Waals surface area contributed by atoms with E-state index in [4.69, 9.17) is 15.6 Å². The number of aliphatic hydroxyl groups is 1. The molecule has 2 aromatic carbocycles. The molecule has 0 saturated heterocycles. The number of phenols is 1. The van der Waals surface area contributed by atoms with E-state index < -0.39 is 33.3 Å². The Bertz CT molecular complexity index is 1010. The number of nitrogens with two attached hydrogens (primary N) is 1. The van der Waals surface area contributed by atoms with Crippen molar-refractivity contribution >= 4 is 15.8 Å². The Morgan fingerprint density at radius 3 is 2.20 bits per heavy atom. The highest BCUT2D eigenvalue weighted by molar-refractivity contribution is 7.91. The van der Waals surface area contributed by atoms with E-state index in [1.165, 1.54) is 24.3 Å². The van der Waals surface area contributed by atoms with E-state index in [9.17, 15) is 31.8 Å². The van der Waals surface area contributed by atoms with Gasteiger partial charge < -0.3 is 21.1 Å². The minimum atomic E-state index is -5.08. The van der Waals surface area contributed by atoms with E-state index in [1.54, 1.807) is 12.1 Å². The maximum Gasteiger partial charge on any atom is 0.490 e. The molecule has 0 bridgehead atoms. The van der Waals surface area contributed by atoms with Gasteiger partial charge in [0.25, 0.3) is 0 Å². The number of aromatic hydroxyl groups is 1. The van der Waals surface area contributed by atoms with Gasteiger partial charge in [-0.1, -0.05) is 24.3 Å². The Morgan fingerprint density at radius 2 is 1.67 bits per heavy atom. The number of benzene rings is 2. The summed E-state index contributed by atoms with van der Waals surface area (Å²) in [6.07, 6.45) is -4.26. The van der Waals surface area contributed by atoms with Gasteiger partial charge in [0.2, 0.25) is 0 Å². The fourth-order valence-electron chi connectivity index (χ4n) is 3.24. The Labute approximate surface area is 170 Å². The fourth-order valence-corrected chi connectivity index (χ4v) is 4.86. The van der Waals surface area contributed by atoms with Crippen molar-refractivity contribution in [1.82, 2.24) is 0 Å². The molecule has 1 aliphatic carbocycles. The number of carbonyl (C=O) groups is 1. The number of halogens is 3. The summed E-state index contributed by atoms with van der Waals surface area (Å²) in [5, 5.41) is 27.5. The normalized spacial score (nSPS) is 21.2. The van der Waals surface area contributed by atoms with Crippen LogP contribution in [-0.4, -0.2) is 47.7 Å². The van der Waals surface area contributed by atoms with Gasteiger partial charge in [0, 0.05) is 6.04 Å². The molecule has 0 fully saturated rings. The molecular weight excluding hydrogens is 427 g/mol. The summed E-state index contributed by atoms with van der Waals surface area (Å²) in [6.45, 7) is 0. The Morgan fingerprint density at radius 1 is 1.13 bits per heavy atom. The van der Waals surface area contributed by atoms with Gasteiger partial charge in [0.15, 0.2) is 9.84 Å². The number of phenolic OH excluding ortho intramolecular Hbond substituents is 1. The lowest BCUT2D eigenvalue weighted by Crippen LogP contribution is -2.45. The second kappa shape index (κ2) is 8.62. The summed E-state index contributed by atoms with van der Waals surface area (Å²) < 4.78 is 57.0. The number of aliphatic carboxylic acids is 1. The van der Waals surface area contributed by atoms with Gasteiger partial charge in [-0.15, -0.1) is 0 Å². The first-order valence-corrected chi connectivity index (χ1v) is 10.3. The molecule has 0 aromatic heterocycles. The molecule has 2 atom stereocenters. The van der Waals surface area contributed by atoms with Crippen LogP contribution in [0.4, 0.5) is 13.2 Å². The minimum absolute atomic E-state index is 0.00676. The van der Waals surface area contributed by atoms with E-state index in [-0.39, 0.29) is 23.1 Å². The maximum absolute atomic E-state index is 12.7. The van der Waals surface area contributed by atoms with Crippen molar-refractivity contribution in [3.63, 3.8) is 0 Å². The molecule has 5 N–H and O–H groups in total. The third-order valence-corrected chi connectivity index (χ3v) is 6.32. The molecule has 0 saturated carbocycles. The molecule has 1 aliphatic rings. The topological polar surface area (TPSA) is 138 Å². The highest BCUT2D eigenvalue weighted by Gasteiger charge is 2.41. The van der Waals surface area contributed by atoms with E-state index in [1.807, 2.05) is 12.1 Å². The Balaban J connectivity index is 0.000000396. The number of hydrogen-bond acceptors (Lipinski definition) is 6. The van der Waals surface area contributed by atoms with Crippen LogP contribution in [0.3, 0.4) is 0 Å². The van der Waals surface area contributed by atoms with Crippen LogP contribution >= 0.6 is 0 Å². The van der Waals surface area contributed by atoms with E-state index in [0.717, 1.165) is 5.56 Å². The third kappa shape index (κ3) is 5.71. The smallest absolute Gasteiger partial charge is 0.490 e. The largest absolute Gasteiger partial charge is 0.508 e. The van der Waals surface area contributed by atoms with Crippen LogP contribution in [0.1, 0.15) is 17.5 Å². The Hall–Kier alpha value is -2.63. The standard InChI is InChI=1S/C17H19NO4S.C2HF3O2/c18-13-9-12-3-1-2-4-16(12)17(20,10-13)11-23(21,22)15-7-5-14(19)6-8-15;3-2(4,5)1(6)7/h1-8,13,19-20H,9-11,18H2;(H,6,7)/t13-,17+;/m0./s1. The Kier molecular flexibility index (Phi) is 6.80. The molecule has 0 unspecified atom stereocenters. The SMILES string of the molecule is N[C@H]1Cc2ccccc2[C@](O)(CS(=O)(=O)c2ccc(O)cc2)C1.O=C(O)C(F)(F)F. The van der Waals surface area contributed by atoms with Crippen molar-refractivity contribution < 1.29 is 41.7 Å². The molecule has 164 valence electrons. The predicted octanol–water partition coefficient (Wildman–Crippen LogP) is 1.96. The van der Waals surface area contributed by atoms with Crippen LogP contribution < -0.4 is 5.73 Å². The molecule has 0 amide bonds. The second-order valence-corrected chi connectivity index (χ2v) is 8.90. The quantitative estimate of drug-likeness (QED) is 0.564. The van der Waals surface area contributed by atoms with Crippen LogP contribution in [0.25, 0.3) is 0 Å². The zero-order valence-corrected chi connectivity index (χ0v) is 16.3. The van der Waals surface area contributed by atoms with Crippen molar-refractivity contribution in [2.75, 3.05) is 5.75 Å². The zero-order chi connectivity index (χ0) is 22.7. The lowest BCUT2D eigenvalue weighted by Gasteiger charge is -2.37. The maximum atomic E-state index is 12.7.